The normalized spacial score (nSPS) is 16.6. The van der Waals surface area contributed by atoms with Crippen molar-refractivity contribution in [1.82, 2.24) is 0 Å². The van der Waals surface area contributed by atoms with Crippen LogP contribution in [-0.4, -0.2) is 53.8 Å². The molecule has 1 unspecified atom stereocenters. The lowest BCUT2D eigenvalue weighted by atomic mass is 9.87. The van der Waals surface area contributed by atoms with Crippen LogP contribution in [0.25, 0.3) is 0 Å². The maximum Gasteiger partial charge on any atom is 0.407 e. The average molecular weight is 562 g/mol. The van der Waals surface area contributed by atoms with E-state index in [9.17, 15) is 83.4 Å². The Balaban J connectivity index is 3.70. The summed E-state index contributed by atoms with van der Waals surface area (Å²) >= 11 is 0. The summed E-state index contributed by atoms with van der Waals surface area (Å²) in [4.78, 5) is 0. The van der Waals surface area contributed by atoms with Gasteiger partial charge in [0.15, 0.2) is 12.4 Å². The zero-order valence-electron chi connectivity index (χ0n) is 15.7. The Morgan fingerprint density at radius 3 is 1.00 bits per heavy atom. The highest BCUT2D eigenvalue weighted by Gasteiger charge is 2.96. The minimum Gasteiger partial charge on any atom is -0.203 e. The van der Waals surface area contributed by atoms with Gasteiger partial charge in [-0.25, -0.2) is 8.78 Å². The van der Waals surface area contributed by atoms with E-state index >= 15 is 0 Å². The van der Waals surface area contributed by atoms with E-state index in [0.29, 0.717) is 12.1 Å². The van der Waals surface area contributed by atoms with Crippen molar-refractivity contribution < 1.29 is 88.0 Å². The van der Waals surface area contributed by atoms with Gasteiger partial charge in [0.05, 0.1) is 0 Å². The van der Waals surface area contributed by atoms with Gasteiger partial charge in [-0.2, -0.15) is 79.2 Å². The molecule has 0 bridgehead atoms. The Labute approximate surface area is 180 Å². The molecule has 1 heterocycles. The van der Waals surface area contributed by atoms with Crippen LogP contribution in [-0.2, 0) is 0 Å². The third kappa shape index (κ3) is 3.93. The minimum absolute atomic E-state index is 0.0840. The fraction of sp³-hybridized carbons (Fsp3) is 0.667. The summed E-state index contributed by atoms with van der Waals surface area (Å²) in [5, 5.41) is 0. The number of alkyl halides is 19. The Morgan fingerprint density at radius 1 is 0.400 bits per heavy atom. The molecule has 0 radical (unpaired) electrons. The quantitative estimate of drug-likeness (QED) is 0.219. The molecule has 0 aliphatic carbocycles. The molecular weight excluding hydrogens is 555 g/mol. The zero-order chi connectivity index (χ0) is 28.3. The number of nitrogens with zero attached hydrogens (tertiary/aromatic N) is 1. The van der Waals surface area contributed by atoms with E-state index in [2.05, 4.69) is 0 Å². The van der Waals surface area contributed by atoms with Crippen molar-refractivity contribution in [3.63, 3.8) is 0 Å². The molecule has 0 aliphatic heterocycles. The summed E-state index contributed by atoms with van der Waals surface area (Å²) in [5.41, 5.74) is 0. The van der Waals surface area contributed by atoms with Gasteiger partial charge in [-0.3, -0.25) is 0 Å². The van der Waals surface area contributed by atoms with Crippen molar-refractivity contribution in [2.75, 3.05) is 0 Å². The van der Waals surface area contributed by atoms with Crippen LogP contribution in [0.2, 0.25) is 0 Å². The standard InChI is InChI=1S/C15H7F19N/c16-6(17)8(19,20)10(23,24)12(27,28)14(31,32)15(33,34)13(29,30)11(25,26)9(21,22)7(18)35-4-2-1-3-5-35/h1-7H/q+1. The molecule has 0 N–H and O–H groups in total. The Kier molecular flexibility index (Phi) is 7.45. The molecule has 1 rings (SSSR count). The third-order valence-corrected chi connectivity index (χ3v) is 4.38. The van der Waals surface area contributed by atoms with E-state index in [-0.39, 0.29) is 12.4 Å². The Bertz CT molecular complexity index is 877. The van der Waals surface area contributed by atoms with Gasteiger partial charge >= 0.3 is 60.1 Å². The lowest BCUT2D eigenvalue weighted by Crippen LogP contribution is -2.76. The van der Waals surface area contributed by atoms with E-state index in [0.717, 1.165) is 6.07 Å². The summed E-state index contributed by atoms with van der Waals surface area (Å²) in [6, 6.07) is 2.00. The highest BCUT2D eigenvalue weighted by molar-refractivity contribution is 5.16. The number of hydrogen-bond acceptors (Lipinski definition) is 0. The predicted octanol–water partition coefficient (Wildman–Crippen LogP) is 6.79. The molecule has 1 atom stereocenters. The highest BCUT2D eigenvalue weighted by atomic mass is 19.4. The largest absolute Gasteiger partial charge is 0.407 e. The van der Waals surface area contributed by atoms with Gasteiger partial charge in [0.1, 0.15) is 0 Å². The number of rotatable bonds is 10. The lowest BCUT2D eigenvalue weighted by molar-refractivity contribution is -0.772. The van der Waals surface area contributed by atoms with E-state index in [1.165, 1.54) is 0 Å². The molecule has 1 nitrogen and oxygen atoms in total. The molecule has 0 amide bonds. The van der Waals surface area contributed by atoms with Crippen LogP contribution in [0.1, 0.15) is 6.30 Å². The molecule has 20 heteroatoms. The molecule has 1 aromatic heterocycles. The maximum absolute atomic E-state index is 13.8. The number of pyridine rings is 1. The number of halogens is 19. The summed E-state index contributed by atoms with van der Waals surface area (Å²) in [6.45, 7) is 0. The fourth-order valence-electron chi connectivity index (χ4n) is 2.24. The number of aromatic nitrogens is 1. The maximum atomic E-state index is 13.8. The van der Waals surface area contributed by atoms with Gasteiger partial charge in [0.25, 0.3) is 0 Å². The first-order valence-electron chi connectivity index (χ1n) is 8.11. The lowest BCUT2D eigenvalue weighted by Gasteiger charge is -2.43. The van der Waals surface area contributed by atoms with Gasteiger partial charge in [-0.15, -0.1) is 0 Å². The van der Waals surface area contributed by atoms with Crippen molar-refractivity contribution in [2.24, 2.45) is 0 Å². The minimum atomic E-state index is -8.85. The van der Waals surface area contributed by atoms with E-state index in [4.69, 9.17) is 0 Å². The van der Waals surface area contributed by atoms with Crippen molar-refractivity contribution >= 4 is 0 Å². The van der Waals surface area contributed by atoms with Crippen LogP contribution in [0.15, 0.2) is 30.6 Å². The van der Waals surface area contributed by atoms with Crippen LogP contribution in [0.3, 0.4) is 0 Å². The summed E-state index contributed by atoms with van der Waals surface area (Å²) in [5.74, 6) is -66.3. The van der Waals surface area contributed by atoms with E-state index in [1.54, 1.807) is 0 Å². The van der Waals surface area contributed by atoms with Crippen LogP contribution < -0.4 is 4.57 Å². The third-order valence-electron chi connectivity index (χ3n) is 4.38. The van der Waals surface area contributed by atoms with Crippen LogP contribution >= 0.6 is 0 Å². The Morgan fingerprint density at radius 2 is 0.686 bits per heavy atom. The molecule has 0 saturated carbocycles. The predicted molar refractivity (Wildman–Crippen MR) is 72.4 cm³/mol. The first-order valence-corrected chi connectivity index (χ1v) is 8.11. The van der Waals surface area contributed by atoms with Crippen LogP contribution in [0, 0.1) is 0 Å². The average Bonchev–Trinajstić information content (AvgIpc) is 2.72. The van der Waals surface area contributed by atoms with E-state index < -0.39 is 64.7 Å². The smallest absolute Gasteiger partial charge is 0.203 e. The van der Waals surface area contributed by atoms with Gasteiger partial charge in [-0.1, -0.05) is 6.07 Å². The first-order chi connectivity index (χ1) is 15.2. The summed E-state index contributed by atoms with van der Waals surface area (Å²) < 4.78 is 252. The molecule has 0 aliphatic rings. The Hall–Kier alpha value is -2.18. The molecule has 35 heavy (non-hydrogen) atoms. The molecule has 0 fully saturated rings. The van der Waals surface area contributed by atoms with Gasteiger partial charge in [-0.05, 0) is 0 Å². The molecule has 0 spiro atoms. The number of hydrogen-bond donors (Lipinski definition) is 0. The van der Waals surface area contributed by atoms with E-state index in [1.807, 2.05) is 0 Å². The van der Waals surface area contributed by atoms with Gasteiger partial charge in [0, 0.05) is 12.1 Å². The molecule has 204 valence electrons. The van der Waals surface area contributed by atoms with Crippen molar-refractivity contribution in [1.29, 1.82) is 0 Å². The topological polar surface area (TPSA) is 3.88 Å². The van der Waals surface area contributed by atoms with Crippen LogP contribution in [0.5, 0.6) is 0 Å². The molecule has 1 aromatic rings. The van der Waals surface area contributed by atoms with Gasteiger partial charge < -0.3 is 0 Å². The van der Waals surface area contributed by atoms with Gasteiger partial charge in [0.2, 0.25) is 0 Å². The first kappa shape index (κ1) is 30.9. The molecule has 0 saturated heterocycles. The monoisotopic (exact) mass is 562 g/mol. The fourth-order valence-corrected chi connectivity index (χ4v) is 2.24. The SMILES string of the molecule is FC(F)C(F)(F)C(F)(F)C(F)(F)C(F)(F)C(F)(F)C(F)(F)C(F)(F)C(F)(F)C(F)[n+]1ccccc1. The van der Waals surface area contributed by atoms with Crippen LogP contribution in [0.4, 0.5) is 83.4 Å². The molecule has 0 aromatic carbocycles. The summed E-state index contributed by atoms with van der Waals surface area (Å²) in [6.07, 6.45) is -10.7. The molecular formula is C15H7F19N+. The second-order valence-corrected chi connectivity index (χ2v) is 6.65. The van der Waals surface area contributed by atoms with Crippen molar-refractivity contribution in [3.8, 4) is 0 Å². The second-order valence-electron chi connectivity index (χ2n) is 6.65. The zero-order valence-corrected chi connectivity index (χ0v) is 15.7. The van der Waals surface area contributed by atoms with Crippen molar-refractivity contribution in [2.45, 2.75) is 60.1 Å². The summed E-state index contributed by atoms with van der Waals surface area (Å²) in [7, 11) is 0. The van der Waals surface area contributed by atoms with Crippen molar-refractivity contribution in [3.05, 3.63) is 30.6 Å². The highest BCUT2D eigenvalue weighted by Crippen LogP contribution is 2.64. The second kappa shape index (κ2) is 8.45.